The summed E-state index contributed by atoms with van der Waals surface area (Å²) in [5.74, 6) is -2.29. The molecule has 0 saturated carbocycles. The fourth-order valence-corrected chi connectivity index (χ4v) is 5.00. The molecular weight excluding hydrogens is 494 g/mol. The minimum Gasteiger partial charge on any atom is -0.497 e. The van der Waals surface area contributed by atoms with Gasteiger partial charge in [-0.05, 0) is 48.9 Å². The highest BCUT2D eigenvalue weighted by Crippen LogP contribution is 2.43. The van der Waals surface area contributed by atoms with Gasteiger partial charge < -0.3 is 18.9 Å². The molecule has 3 aromatic carbocycles. The maximum Gasteiger partial charge on any atom is 0.313 e. The molecule has 0 amide bonds. The number of nitro benzene ring substituents is 1. The van der Waals surface area contributed by atoms with E-state index in [1.165, 1.54) is 38.5 Å². The highest BCUT2D eigenvalue weighted by molar-refractivity contribution is 6.26. The van der Waals surface area contributed by atoms with E-state index in [-0.39, 0.29) is 47.1 Å². The van der Waals surface area contributed by atoms with E-state index in [1.807, 2.05) is 0 Å². The van der Waals surface area contributed by atoms with Crippen molar-refractivity contribution in [3.05, 3.63) is 86.7 Å². The van der Waals surface area contributed by atoms with Gasteiger partial charge in [0.15, 0.2) is 11.6 Å². The second-order valence-corrected chi connectivity index (χ2v) is 9.00. The van der Waals surface area contributed by atoms with Crippen LogP contribution in [0.4, 0.5) is 5.69 Å². The molecule has 38 heavy (non-hydrogen) atoms. The topological polar surface area (TPSA) is 131 Å². The molecule has 0 saturated heterocycles. The number of hydrogen-bond donors (Lipinski definition) is 0. The first-order chi connectivity index (χ1) is 18.2. The summed E-state index contributed by atoms with van der Waals surface area (Å²) in [4.78, 5) is 51.0. The Bertz CT molecular complexity index is 1540. The van der Waals surface area contributed by atoms with Crippen LogP contribution in [0, 0.1) is 22.0 Å². The van der Waals surface area contributed by atoms with Crippen LogP contribution in [0.5, 0.6) is 11.5 Å². The zero-order chi connectivity index (χ0) is 27.1. The van der Waals surface area contributed by atoms with Crippen molar-refractivity contribution in [1.29, 1.82) is 0 Å². The zero-order valence-electron chi connectivity index (χ0n) is 20.8. The third kappa shape index (κ3) is 4.03. The third-order valence-electron chi connectivity index (χ3n) is 6.95. The number of benzene rings is 3. The lowest BCUT2D eigenvalue weighted by Crippen LogP contribution is -2.44. The van der Waals surface area contributed by atoms with E-state index in [0.717, 1.165) is 0 Å². The van der Waals surface area contributed by atoms with Crippen molar-refractivity contribution < 1.29 is 38.3 Å². The van der Waals surface area contributed by atoms with E-state index >= 15 is 0 Å². The van der Waals surface area contributed by atoms with Gasteiger partial charge in [0.25, 0.3) is 5.69 Å². The number of rotatable bonds is 6. The average molecular weight is 517 g/mol. The highest BCUT2D eigenvalue weighted by Gasteiger charge is 2.49. The lowest BCUT2D eigenvalue weighted by Gasteiger charge is -2.35. The Morgan fingerprint density at radius 3 is 2.18 bits per heavy atom. The maximum atomic E-state index is 13.8. The number of allylic oxidation sites excluding steroid dienone is 2. The summed E-state index contributed by atoms with van der Waals surface area (Å²) in [7, 11) is 3.02. The number of fused-ring (bicyclic) bond motifs is 3. The molecule has 0 aromatic heterocycles. The number of nitro groups is 1. The van der Waals surface area contributed by atoms with Crippen molar-refractivity contribution in [1.82, 2.24) is 0 Å². The third-order valence-corrected chi connectivity index (χ3v) is 6.95. The van der Waals surface area contributed by atoms with Crippen molar-refractivity contribution in [2.45, 2.75) is 13.5 Å². The molecule has 1 aliphatic heterocycles. The summed E-state index contributed by atoms with van der Waals surface area (Å²) in [6.45, 7) is 1.32. The average Bonchev–Trinajstić information content (AvgIpc) is 2.93. The number of Topliss-reactive ketones (excluding diaryl/α,β-unsaturated/α-hetero) is 2. The van der Waals surface area contributed by atoms with Crippen LogP contribution < -0.4 is 9.47 Å². The molecule has 2 unspecified atom stereocenters. The molecule has 0 N–H and O–H groups in total. The number of methoxy groups -OCH3 is 2. The lowest BCUT2D eigenvalue weighted by molar-refractivity contribution is -0.384. The van der Waals surface area contributed by atoms with E-state index < -0.39 is 28.5 Å². The Hall–Kier alpha value is -4.73. The first-order valence-electron chi connectivity index (χ1n) is 11.8. The number of esters is 1. The second kappa shape index (κ2) is 9.62. The van der Waals surface area contributed by atoms with Crippen LogP contribution in [0.15, 0.2) is 59.9 Å². The molecule has 3 aromatic rings. The van der Waals surface area contributed by atoms with Crippen LogP contribution in [-0.2, 0) is 20.9 Å². The number of non-ortho nitro benzene ring substituents is 1. The van der Waals surface area contributed by atoms with Crippen molar-refractivity contribution in [3.63, 3.8) is 0 Å². The molecule has 0 bridgehead atoms. The fraction of sp³-hybridized carbons (Fsp3) is 0.250. The second-order valence-electron chi connectivity index (χ2n) is 9.00. The summed E-state index contributed by atoms with van der Waals surface area (Å²) in [5, 5.41) is 12.1. The fourth-order valence-electron chi connectivity index (χ4n) is 5.00. The molecule has 10 nitrogen and oxygen atoms in total. The molecule has 5 rings (SSSR count). The standard InChI is InChI=1S/C28H23NO9/c1-14-24-25(21(13-37-14)28(32)38-12-15-4-6-16(7-5-15)29(33)34)27(31)20-11-18-17(10-19(20)26(24)30)22(35-2)8-9-23(18)36-3/h4-11,21,25H,12-13H2,1-3H3. The molecule has 2 aliphatic rings. The summed E-state index contributed by atoms with van der Waals surface area (Å²) < 4.78 is 22.0. The smallest absolute Gasteiger partial charge is 0.313 e. The highest BCUT2D eigenvalue weighted by atomic mass is 16.6. The van der Waals surface area contributed by atoms with Crippen LogP contribution in [0.2, 0.25) is 0 Å². The van der Waals surface area contributed by atoms with Gasteiger partial charge in [0.05, 0.1) is 25.1 Å². The zero-order valence-corrected chi connectivity index (χ0v) is 20.8. The summed E-state index contributed by atoms with van der Waals surface area (Å²) >= 11 is 0. The number of ether oxygens (including phenoxy) is 4. The molecule has 2 atom stereocenters. The summed E-state index contributed by atoms with van der Waals surface area (Å²) in [5.41, 5.74) is 0.968. The minimum absolute atomic E-state index is 0.0854. The van der Waals surface area contributed by atoms with Crippen LogP contribution in [0.25, 0.3) is 10.8 Å². The molecular formula is C28H23NO9. The Balaban J connectivity index is 1.50. The lowest BCUT2D eigenvalue weighted by atomic mass is 9.70. The van der Waals surface area contributed by atoms with E-state index in [9.17, 15) is 24.5 Å². The molecule has 0 fully saturated rings. The Morgan fingerprint density at radius 2 is 1.61 bits per heavy atom. The van der Waals surface area contributed by atoms with Gasteiger partial charge in [-0.1, -0.05) is 0 Å². The maximum absolute atomic E-state index is 13.8. The SMILES string of the molecule is COc1ccc(OC)c2cc3c(cc12)C(=O)C1=C(C)OCC(C(=O)OCc2ccc([N+](=O)[O-])cc2)C1C3=O. The Kier molecular flexibility index (Phi) is 6.31. The number of carbonyl (C=O) groups excluding carboxylic acids is 3. The monoisotopic (exact) mass is 517 g/mol. The largest absolute Gasteiger partial charge is 0.497 e. The molecule has 0 radical (unpaired) electrons. The molecule has 1 heterocycles. The van der Waals surface area contributed by atoms with E-state index in [0.29, 0.717) is 27.8 Å². The van der Waals surface area contributed by atoms with Gasteiger partial charge in [-0.15, -0.1) is 0 Å². The van der Waals surface area contributed by atoms with E-state index in [4.69, 9.17) is 18.9 Å². The van der Waals surface area contributed by atoms with Crippen LogP contribution in [0.1, 0.15) is 33.2 Å². The number of nitrogens with zero attached hydrogens (tertiary/aromatic N) is 1. The normalized spacial score (nSPS) is 18.4. The van der Waals surface area contributed by atoms with Gasteiger partial charge in [0.2, 0.25) is 0 Å². The molecule has 0 spiro atoms. The van der Waals surface area contributed by atoms with Crippen molar-refractivity contribution in [2.24, 2.45) is 11.8 Å². The predicted molar refractivity (Wildman–Crippen MR) is 134 cm³/mol. The van der Waals surface area contributed by atoms with Crippen molar-refractivity contribution in [3.8, 4) is 11.5 Å². The minimum atomic E-state index is -1.07. The number of hydrogen-bond acceptors (Lipinski definition) is 9. The summed E-state index contributed by atoms with van der Waals surface area (Å²) in [6, 6.07) is 12.2. The van der Waals surface area contributed by atoms with Gasteiger partial charge in [0, 0.05) is 39.6 Å². The number of ketones is 2. The van der Waals surface area contributed by atoms with Crippen LogP contribution in [0.3, 0.4) is 0 Å². The van der Waals surface area contributed by atoms with Gasteiger partial charge in [-0.2, -0.15) is 0 Å². The quantitative estimate of drug-likeness (QED) is 0.265. The summed E-state index contributed by atoms with van der Waals surface area (Å²) in [6.07, 6.45) is 0. The van der Waals surface area contributed by atoms with Crippen LogP contribution >= 0.6 is 0 Å². The Morgan fingerprint density at radius 1 is 1.00 bits per heavy atom. The van der Waals surface area contributed by atoms with Crippen molar-refractivity contribution >= 4 is 34.0 Å². The molecule has 1 aliphatic carbocycles. The first-order valence-corrected chi connectivity index (χ1v) is 11.8. The van der Waals surface area contributed by atoms with Crippen LogP contribution in [-0.4, -0.2) is 43.3 Å². The van der Waals surface area contributed by atoms with Gasteiger partial charge in [-0.25, -0.2) is 0 Å². The van der Waals surface area contributed by atoms with Gasteiger partial charge >= 0.3 is 5.97 Å². The number of carbonyl (C=O) groups is 3. The molecule has 10 heteroatoms. The predicted octanol–water partition coefficient (Wildman–Crippen LogP) is 4.42. The Labute approximate surface area is 216 Å². The van der Waals surface area contributed by atoms with Gasteiger partial charge in [-0.3, -0.25) is 24.5 Å². The van der Waals surface area contributed by atoms with E-state index in [2.05, 4.69) is 0 Å². The van der Waals surface area contributed by atoms with Crippen molar-refractivity contribution in [2.75, 3.05) is 20.8 Å². The first kappa shape index (κ1) is 24.9. The van der Waals surface area contributed by atoms with Gasteiger partial charge in [0.1, 0.15) is 36.4 Å². The molecule has 194 valence electrons. The van der Waals surface area contributed by atoms with E-state index in [1.54, 1.807) is 31.2 Å².